The lowest BCUT2D eigenvalue weighted by Gasteiger charge is -2.29. The highest BCUT2D eigenvalue weighted by molar-refractivity contribution is 6.34. The second-order valence-corrected chi connectivity index (χ2v) is 6.43. The van der Waals surface area contributed by atoms with Crippen molar-refractivity contribution in [1.29, 1.82) is 0 Å². The molecule has 3 rings (SSSR count). The van der Waals surface area contributed by atoms with E-state index >= 15 is 0 Å². The Bertz CT molecular complexity index is 610. The summed E-state index contributed by atoms with van der Waals surface area (Å²) < 4.78 is 13.9. The molecule has 1 N–H and O–H groups in total. The van der Waals surface area contributed by atoms with Crippen molar-refractivity contribution >= 4 is 23.2 Å². The fourth-order valence-electron chi connectivity index (χ4n) is 2.89. The molecule has 1 aromatic carbocycles. The lowest BCUT2D eigenvalue weighted by molar-refractivity contribution is -0.132. The van der Waals surface area contributed by atoms with Crippen LogP contribution in [0.4, 0.5) is 4.39 Å². The maximum atomic E-state index is 13.9. The molecule has 124 valence electrons. The molecular weight excluding hydrogens is 321 g/mol. The number of hydrogen-bond donors (Lipinski definition) is 1. The number of amides is 1. The number of piperidine rings is 1. The van der Waals surface area contributed by atoms with E-state index in [1.165, 1.54) is 12.1 Å². The van der Waals surface area contributed by atoms with Crippen LogP contribution in [0, 0.1) is 5.82 Å². The van der Waals surface area contributed by atoms with Crippen molar-refractivity contribution in [3.8, 4) is 0 Å². The maximum Gasteiger partial charge on any atom is 0.264 e. The van der Waals surface area contributed by atoms with Crippen molar-refractivity contribution in [1.82, 2.24) is 10.2 Å². The second-order valence-electron chi connectivity index (χ2n) is 6.02. The normalized spacial score (nSPS) is 22.6. The van der Waals surface area contributed by atoms with E-state index in [1.807, 2.05) is 0 Å². The number of rotatable bonds is 3. The van der Waals surface area contributed by atoms with Gasteiger partial charge >= 0.3 is 0 Å². The first-order chi connectivity index (χ1) is 11.0. The molecule has 2 aliphatic rings. The van der Waals surface area contributed by atoms with Crippen molar-refractivity contribution in [3.63, 3.8) is 0 Å². The molecule has 1 saturated heterocycles. The van der Waals surface area contributed by atoms with Crippen molar-refractivity contribution in [2.75, 3.05) is 20.1 Å². The molecule has 2 aliphatic heterocycles. The van der Waals surface area contributed by atoms with E-state index in [-0.39, 0.29) is 29.0 Å². The second kappa shape index (κ2) is 6.84. The van der Waals surface area contributed by atoms with Gasteiger partial charge in [0.15, 0.2) is 0 Å². The van der Waals surface area contributed by atoms with E-state index in [1.54, 1.807) is 6.07 Å². The van der Waals surface area contributed by atoms with E-state index in [9.17, 15) is 9.18 Å². The van der Waals surface area contributed by atoms with E-state index in [0.29, 0.717) is 5.71 Å². The topological polar surface area (TPSA) is 53.9 Å². The van der Waals surface area contributed by atoms with Crippen molar-refractivity contribution in [3.05, 3.63) is 34.6 Å². The minimum absolute atomic E-state index is 0.156. The van der Waals surface area contributed by atoms with Gasteiger partial charge in [-0.2, -0.15) is 0 Å². The summed E-state index contributed by atoms with van der Waals surface area (Å²) in [6.45, 7) is 1.92. The van der Waals surface area contributed by atoms with E-state index < -0.39 is 11.9 Å². The van der Waals surface area contributed by atoms with Crippen LogP contribution in [0.15, 0.2) is 23.4 Å². The molecule has 1 amide bonds. The molecule has 1 atom stereocenters. The predicted octanol–water partition coefficient (Wildman–Crippen LogP) is 2.18. The van der Waals surface area contributed by atoms with Gasteiger partial charge in [-0.05, 0) is 45.1 Å². The summed E-state index contributed by atoms with van der Waals surface area (Å²) in [5, 5.41) is 7.12. The minimum atomic E-state index is -0.722. The number of oxime groups is 1. The van der Waals surface area contributed by atoms with Crippen molar-refractivity contribution < 1.29 is 14.0 Å². The Balaban J connectivity index is 1.59. The molecular formula is C16H19ClFN3O2. The lowest BCUT2D eigenvalue weighted by atomic mass is 10.0. The molecule has 0 saturated carbocycles. The predicted molar refractivity (Wildman–Crippen MR) is 86.1 cm³/mol. The minimum Gasteiger partial charge on any atom is -0.382 e. The Morgan fingerprint density at radius 2 is 2.17 bits per heavy atom. The quantitative estimate of drug-likeness (QED) is 0.918. The van der Waals surface area contributed by atoms with Gasteiger partial charge in [-0.3, -0.25) is 4.79 Å². The number of halogens is 2. The van der Waals surface area contributed by atoms with Gasteiger partial charge in [-0.25, -0.2) is 4.39 Å². The van der Waals surface area contributed by atoms with Gasteiger partial charge in [-0.15, -0.1) is 0 Å². The zero-order valence-corrected chi connectivity index (χ0v) is 13.6. The van der Waals surface area contributed by atoms with Crippen LogP contribution in [0.25, 0.3) is 0 Å². The van der Waals surface area contributed by atoms with E-state index in [4.69, 9.17) is 16.4 Å². The van der Waals surface area contributed by atoms with Gasteiger partial charge < -0.3 is 15.1 Å². The summed E-state index contributed by atoms with van der Waals surface area (Å²) in [6, 6.07) is 4.59. The monoisotopic (exact) mass is 339 g/mol. The Morgan fingerprint density at radius 1 is 1.43 bits per heavy atom. The average molecular weight is 340 g/mol. The number of nitrogens with one attached hydrogen (secondary N) is 1. The molecule has 1 aromatic rings. The number of likely N-dealkylation sites (tertiary alicyclic amines) is 1. The molecule has 1 fully saturated rings. The lowest BCUT2D eigenvalue weighted by Crippen LogP contribution is -2.46. The van der Waals surface area contributed by atoms with Crippen LogP contribution < -0.4 is 5.32 Å². The van der Waals surface area contributed by atoms with Crippen LogP contribution in [0.1, 0.15) is 24.8 Å². The summed E-state index contributed by atoms with van der Waals surface area (Å²) in [7, 11) is 2.07. The molecule has 7 heteroatoms. The Hall–Kier alpha value is -1.66. The molecule has 0 bridgehead atoms. The number of hydrogen-bond acceptors (Lipinski definition) is 4. The first-order valence-corrected chi connectivity index (χ1v) is 8.08. The highest BCUT2D eigenvalue weighted by Gasteiger charge is 2.32. The molecule has 0 radical (unpaired) electrons. The molecule has 0 aliphatic carbocycles. The van der Waals surface area contributed by atoms with Crippen LogP contribution in [0.3, 0.4) is 0 Å². The van der Waals surface area contributed by atoms with Gasteiger partial charge in [0.05, 0.1) is 16.3 Å². The van der Waals surface area contributed by atoms with Crippen molar-refractivity contribution in [2.45, 2.75) is 31.4 Å². The summed E-state index contributed by atoms with van der Waals surface area (Å²) in [5.41, 5.74) is 0.584. The molecule has 0 aromatic heterocycles. The molecule has 5 nitrogen and oxygen atoms in total. The maximum absolute atomic E-state index is 13.9. The number of carbonyl (C=O) groups is 1. The van der Waals surface area contributed by atoms with Gasteiger partial charge in [0.1, 0.15) is 5.82 Å². The van der Waals surface area contributed by atoms with Crippen LogP contribution in [0.2, 0.25) is 5.02 Å². The molecule has 23 heavy (non-hydrogen) atoms. The third-order valence-corrected chi connectivity index (χ3v) is 4.59. The van der Waals surface area contributed by atoms with Gasteiger partial charge in [-0.1, -0.05) is 22.8 Å². The summed E-state index contributed by atoms with van der Waals surface area (Å²) in [4.78, 5) is 19.7. The number of benzene rings is 1. The SMILES string of the molecule is CN1CCC(NC(=O)C2CC(c3c(F)cccc3Cl)=NO2)CC1. The Morgan fingerprint density at radius 3 is 2.87 bits per heavy atom. The Labute approximate surface area is 139 Å². The van der Waals surface area contributed by atoms with Crippen LogP contribution in [0.5, 0.6) is 0 Å². The first kappa shape index (κ1) is 16.2. The van der Waals surface area contributed by atoms with Crippen molar-refractivity contribution in [2.24, 2.45) is 5.16 Å². The van der Waals surface area contributed by atoms with E-state index in [2.05, 4.69) is 22.4 Å². The van der Waals surface area contributed by atoms with Gasteiger partial charge in [0.2, 0.25) is 6.10 Å². The fraction of sp³-hybridized carbons (Fsp3) is 0.500. The highest BCUT2D eigenvalue weighted by Crippen LogP contribution is 2.25. The van der Waals surface area contributed by atoms with Crippen LogP contribution in [-0.2, 0) is 9.63 Å². The zero-order chi connectivity index (χ0) is 16.4. The molecule has 2 heterocycles. The Kier molecular flexibility index (Phi) is 4.82. The molecule has 1 unspecified atom stereocenters. The standard InChI is InChI=1S/C16H19ClFN3O2/c1-21-7-5-10(6-8-21)19-16(22)14-9-13(20-23-14)15-11(17)3-2-4-12(15)18/h2-4,10,14H,5-9H2,1H3,(H,19,22). The van der Waals surface area contributed by atoms with Gasteiger partial charge in [0, 0.05) is 12.5 Å². The average Bonchev–Trinajstić information content (AvgIpc) is 2.99. The highest BCUT2D eigenvalue weighted by atomic mass is 35.5. The van der Waals surface area contributed by atoms with Crippen LogP contribution >= 0.6 is 11.6 Å². The number of nitrogens with zero attached hydrogens (tertiary/aromatic N) is 2. The summed E-state index contributed by atoms with van der Waals surface area (Å²) in [5.74, 6) is -0.665. The molecule has 0 spiro atoms. The van der Waals surface area contributed by atoms with E-state index in [0.717, 1.165) is 25.9 Å². The zero-order valence-electron chi connectivity index (χ0n) is 12.9. The smallest absolute Gasteiger partial charge is 0.264 e. The third kappa shape index (κ3) is 3.64. The fourth-order valence-corrected chi connectivity index (χ4v) is 3.16. The first-order valence-electron chi connectivity index (χ1n) is 7.70. The number of carbonyl (C=O) groups excluding carboxylic acids is 1. The largest absolute Gasteiger partial charge is 0.382 e. The van der Waals surface area contributed by atoms with Crippen LogP contribution in [-0.4, -0.2) is 48.8 Å². The van der Waals surface area contributed by atoms with Gasteiger partial charge in [0.25, 0.3) is 5.91 Å². The summed E-state index contributed by atoms with van der Waals surface area (Å²) >= 11 is 6.02. The summed E-state index contributed by atoms with van der Waals surface area (Å²) in [6.07, 6.45) is 1.34. The third-order valence-electron chi connectivity index (χ3n) is 4.28.